The number of hydrogen-bond acceptors (Lipinski definition) is 5. The van der Waals surface area contributed by atoms with E-state index >= 15 is 0 Å². The summed E-state index contributed by atoms with van der Waals surface area (Å²) in [5.41, 5.74) is 0.386. The molecule has 0 amide bonds. The lowest BCUT2D eigenvalue weighted by Crippen LogP contribution is -2.41. The first-order valence-corrected chi connectivity index (χ1v) is 11.1. The van der Waals surface area contributed by atoms with E-state index in [0.717, 1.165) is 12.1 Å². The van der Waals surface area contributed by atoms with Crippen LogP contribution in [0.15, 0.2) is 34.5 Å². The smallest absolute Gasteiger partial charge is 0.266 e. The average Bonchev–Trinajstić information content (AvgIpc) is 3.25. The third kappa shape index (κ3) is 4.05. The van der Waals surface area contributed by atoms with Gasteiger partial charge in [-0.25, -0.2) is 18.1 Å². The first kappa shape index (κ1) is 20.7. The van der Waals surface area contributed by atoms with Gasteiger partial charge in [-0.05, 0) is 32.8 Å². The van der Waals surface area contributed by atoms with Crippen LogP contribution in [0.3, 0.4) is 0 Å². The standard InChI is InChI=1S/C19H29N5O3S/c1-14(2)22-12-17(20-13-22)28(26,27)24-10-6-7-15(24)11-23-18(25)9-8-16(21-23)19(3,4)5/h8-9,12-15H,6-7,10-11H2,1-5H3. The Labute approximate surface area is 166 Å². The van der Waals surface area contributed by atoms with Crippen molar-refractivity contribution in [2.75, 3.05) is 6.54 Å². The van der Waals surface area contributed by atoms with E-state index in [2.05, 4.69) is 10.1 Å². The Balaban J connectivity index is 1.88. The molecule has 3 rings (SSSR count). The lowest BCUT2D eigenvalue weighted by atomic mass is 9.92. The summed E-state index contributed by atoms with van der Waals surface area (Å²) in [4.78, 5) is 16.4. The van der Waals surface area contributed by atoms with Crippen LogP contribution in [0.2, 0.25) is 0 Å². The van der Waals surface area contributed by atoms with Gasteiger partial charge in [-0.1, -0.05) is 20.8 Å². The summed E-state index contributed by atoms with van der Waals surface area (Å²) in [6.45, 7) is 10.7. The second-order valence-electron chi connectivity index (χ2n) is 8.65. The molecule has 0 aliphatic carbocycles. The first-order valence-electron chi connectivity index (χ1n) is 9.64. The number of nitrogens with zero attached hydrogens (tertiary/aromatic N) is 5. The van der Waals surface area contributed by atoms with Crippen molar-refractivity contribution < 1.29 is 8.42 Å². The summed E-state index contributed by atoms with van der Waals surface area (Å²) >= 11 is 0. The first-order chi connectivity index (χ1) is 13.0. The Morgan fingerprint density at radius 1 is 1.25 bits per heavy atom. The van der Waals surface area contributed by atoms with Crippen LogP contribution in [0, 0.1) is 0 Å². The fourth-order valence-electron chi connectivity index (χ4n) is 3.34. The highest BCUT2D eigenvalue weighted by molar-refractivity contribution is 7.89. The van der Waals surface area contributed by atoms with E-state index in [9.17, 15) is 13.2 Å². The lowest BCUT2D eigenvalue weighted by Gasteiger charge is -2.24. The summed E-state index contributed by atoms with van der Waals surface area (Å²) in [5.74, 6) is 0. The van der Waals surface area contributed by atoms with Gasteiger partial charge in [0.1, 0.15) is 0 Å². The van der Waals surface area contributed by atoms with Gasteiger partial charge in [0, 0.05) is 36.3 Å². The fraction of sp³-hybridized carbons (Fsp3) is 0.632. The van der Waals surface area contributed by atoms with E-state index in [1.165, 1.54) is 15.1 Å². The molecule has 0 N–H and O–H groups in total. The minimum absolute atomic E-state index is 0.0526. The molecule has 28 heavy (non-hydrogen) atoms. The zero-order valence-electron chi connectivity index (χ0n) is 17.2. The van der Waals surface area contributed by atoms with Crippen LogP contribution in [0.1, 0.15) is 59.2 Å². The van der Waals surface area contributed by atoms with Gasteiger partial charge in [0.05, 0.1) is 18.6 Å². The van der Waals surface area contributed by atoms with E-state index in [4.69, 9.17) is 0 Å². The molecule has 1 atom stereocenters. The zero-order valence-corrected chi connectivity index (χ0v) is 18.0. The van der Waals surface area contributed by atoms with E-state index < -0.39 is 10.0 Å². The molecule has 3 heterocycles. The third-order valence-corrected chi connectivity index (χ3v) is 6.93. The molecule has 0 aromatic carbocycles. The third-order valence-electron chi connectivity index (χ3n) is 5.09. The molecule has 0 bridgehead atoms. The topological polar surface area (TPSA) is 90.1 Å². The molecule has 1 saturated heterocycles. The normalized spacial score (nSPS) is 18.9. The van der Waals surface area contributed by atoms with Crippen molar-refractivity contribution in [1.29, 1.82) is 0 Å². The Hall–Kier alpha value is -2.00. The molecule has 1 unspecified atom stereocenters. The molecule has 2 aromatic rings. The molecule has 154 valence electrons. The van der Waals surface area contributed by atoms with E-state index in [-0.39, 0.29) is 34.6 Å². The van der Waals surface area contributed by atoms with Gasteiger partial charge in [0.2, 0.25) is 0 Å². The second-order valence-corrected chi connectivity index (χ2v) is 10.5. The predicted octanol–water partition coefficient (Wildman–Crippen LogP) is 2.17. The monoisotopic (exact) mass is 407 g/mol. The van der Waals surface area contributed by atoms with Crippen molar-refractivity contribution in [2.24, 2.45) is 0 Å². The quantitative estimate of drug-likeness (QED) is 0.758. The number of imidazole rings is 1. The molecule has 8 nitrogen and oxygen atoms in total. The molecule has 0 saturated carbocycles. The van der Waals surface area contributed by atoms with Crippen LogP contribution in [-0.4, -0.2) is 44.6 Å². The van der Waals surface area contributed by atoms with Gasteiger partial charge in [0.15, 0.2) is 5.03 Å². The minimum Gasteiger partial charge on any atom is -0.334 e. The van der Waals surface area contributed by atoms with Crippen LogP contribution in [0.5, 0.6) is 0 Å². The fourth-order valence-corrected chi connectivity index (χ4v) is 4.95. The second kappa shape index (κ2) is 7.44. The van der Waals surface area contributed by atoms with Crippen LogP contribution < -0.4 is 5.56 Å². The molecule has 1 fully saturated rings. The van der Waals surface area contributed by atoms with E-state index in [1.807, 2.05) is 34.6 Å². The molecule has 0 spiro atoms. The van der Waals surface area contributed by atoms with Crippen LogP contribution >= 0.6 is 0 Å². The maximum Gasteiger partial charge on any atom is 0.266 e. The maximum atomic E-state index is 13.1. The van der Waals surface area contributed by atoms with Gasteiger partial charge in [0.25, 0.3) is 15.6 Å². The average molecular weight is 408 g/mol. The number of hydrogen-bond donors (Lipinski definition) is 0. The summed E-state index contributed by atoms with van der Waals surface area (Å²) in [6.07, 6.45) is 4.56. The van der Waals surface area contributed by atoms with Gasteiger partial charge in [-0.3, -0.25) is 4.79 Å². The Kier molecular flexibility index (Phi) is 5.51. The zero-order chi connectivity index (χ0) is 20.7. The highest BCUT2D eigenvalue weighted by atomic mass is 32.2. The van der Waals surface area contributed by atoms with Crippen molar-refractivity contribution in [3.63, 3.8) is 0 Å². The summed E-state index contributed by atoms with van der Waals surface area (Å²) in [6, 6.07) is 3.06. The minimum atomic E-state index is -3.71. The Morgan fingerprint density at radius 3 is 2.57 bits per heavy atom. The van der Waals surface area contributed by atoms with E-state index in [0.29, 0.717) is 13.0 Å². The van der Waals surface area contributed by atoms with Crippen LogP contribution in [-0.2, 0) is 22.0 Å². The van der Waals surface area contributed by atoms with Crippen LogP contribution in [0.4, 0.5) is 0 Å². The molecule has 2 aromatic heterocycles. The number of aromatic nitrogens is 4. The van der Waals surface area contributed by atoms with Crippen molar-refractivity contribution >= 4 is 10.0 Å². The van der Waals surface area contributed by atoms with Crippen molar-refractivity contribution in [3.8, 4) is 0 Å². The van der Waals surface area contributed by atoms with Crippen LogP contribution in [0.25, 0.3) is 0 Å². The predicted molar refractivity (Wildman–Crippen MR) is 107 cm³/mol. The number of rotatable bonds is 5. The van der Waals surface area contributed by atoms with Crippen molar-refractivity contribution in [2.45, 2.75) is 76.5 Å². The lowest BCUT2D eigenvalue weighted by molar-refractivity contribution is 0.330. The number of sulfonamides is 1. The highest BCUT2D eigenvalue weighted by Gasteiger charge is 2.37. The van der Waals surface area contributed by atoms with Crippen molar-refractivity contribution in [3.05, 3.63) is 40.7 Å². The molecule has 1 aliphatic rings. The SMILES string of the molecule is CC(C)n1cnc(S(=O)(=O)N2CCCC2Cn2nc(C(C)(C)C)ccc2=O)c1. The summed E-state index contributed by atoms with van der Waals surface area (Å²) < 4.78 is 30.9. The maximum absolute atomic E-state index is 13.1. The van der Waals surface area contributed by atoms with E-state index in [1.54, 1.807) is 23.2 Å². The van der Waals surface area contributed by atoms with Gasteiger partial charge in [-0.15, -0.1) is 0 Å². The molecular formula is C19H29N5O3S. The highest BCUT2D eigenvalue weighted by Crippen LogP contribution is 2.26. The summed E-state index contributed by atoms with van der Waals surface area (Å²) in [7, 11) is -3.71. The Bertz CT molecular complexity index is 1000. The Morgan fingerprint density at radius 2 is 1.96 bits per heavy atom. The molecular weight excluding hydrogens is 378 g/mol. The summed E-state index contributed by atoms with van der Waals surface area (Å²) in [5, 5.41) is 4.54. The molecule has 0 radical (unpaired) electrons. The largest absolute Gasteiger partial charge is 0.334 e. The van der Waals surface area contributed by atoms with Gasteiger partial charge >= 0.3 is 0 Å². The van der Waals surface area contributed by atoms with Crippen molar-refractivity contribution in [1.82, 2.24) is 23.6 Å². The van der Waals surface area contributed by atoms with Gasteiger partial charge < -0.3 is 4.57 Å². The molecule has 9 heteroatoms. The molecule has 1 aliphatic heterocycles. The van der Waals surface area contributed by atoms with Gasteiger partial charge in [-0.2, -0.15) is 9.40 Å².